The van der Waals surface area contributed by atoms with Crippen LogP contribution >= 0.6 is 11.8 Å². The van der Waals surface area contributed by atoms with Crippen molar-refractivity contribution in [2.24, 2.45) is 17.4 Å². The molecule has 0 spiro atoms. The van der Waals surface area contributed by atoms with E-state index in [0.29, 0.717) is 25.1 Å². The molecule has 9 N–H and O–H groups in total. The van der Waals surface area contributed by atoms with E-state index in [0.717, 1.165) is 0 Å². The Morgan fingerprint density at radius 2 is 1.55 bits per heavy atom. The Balaban J connectivity index is 5.31. The highest BCUT2D eigenvalue weighted by Crippen LogP contribution is 2.08. The lowest BCUT2D eigenvalue weighted by Crippen LogP contribution is -2.58. The minimum absolute atomic E-state index is 0.248. The number of amides is 3. The van der Waals surface area contributed by atoms with Crippen molar-refractivity contribution < 1.29 is 29.4 Å². The number of hydrogen-bond donors (Lipinski definition) is 7. The van der Waals surface area contributed by atoms with Crippen LogP contribution in [0, 0.1) is 5.92 Å². The number of aliphatic carboxylic acids is 1. The first kappa shape index (κ1) is 29.1. The van der Waals surface area contributed by atoms with Crippen LogP contribution in [0.1, 0.15) is 39.5 Å². The minimum Gasteiger partial charge on any atom is -0.480 e. The van der Waals surface area contributed by atoms with Crippen molar-refractivity contribution in [1.29, 1.82) is 0 Å². The SMILES string of the molecule is CSCCC(NC(=O)C(NC(=O)C(CCCCN)NC(=O)C(N)CO)C(C)C)C(=O)O. The van der Waals surface area contributed by atoms with E-state index in [9.17, 15) is 24.3 Å². The van der Waals surface area contributed by atoms with E-state index in [2.05, 4.69) is 16.0 Å². The zero-order valence-corrected chi connectivity index (χ0v) is 19.2. The van der Waals surface area contributed by atoms with Crippen LogP contribution in [0.15, 0.2) is 0 Å². The molecule has 12 heteroatoms. The number of unbranched alkanes of at least 4 members (excludes halogenated alkanes) is 1. The first-order valence-corrected chi connectivity index (χ1v) is 11.7. The maximum atomic E-state index is 12.8. The predicted octanol–water partition coefficient (Wildman–Crippen LogP) is -1.62. The van der Waals surface area contributed by atoms with Crippen LogP contribution in [0.3, 0.4) is 0 Å². The highest BCUT2D eigenvalue weighted by Gasteiger charge is 2.31. The van der Waals surface area contributed by atoms with Gasteiger partial charge in [0, 0.05) is 0 Å². The number of nitrogens with two attached hydrogens (primary N) is 2. The van der Waals surface area contributed by atoms with Crippen molar-refractivity contribution in [1.82, 2.24) is 16.0 Å². The Bertz CT molecular complexity index is 592. The number of rotatable bonds is 16. The van der Waals surface area contributed by atoms with Crippen LogP contribution in [0.2, 0.25) is 0 Å². The Morgan fingerprint density at radius 3 is 2.03 bits per heavy atom. The van der Waals surface area contributed by atoms with Crippen LogP contribution in [0.4, 0.5) is 0 Å². The molecule has 0 aliphatic carbocycles. The van der Waals surface area contributed by atoms with Gasteiger partial charge >= 0.3 is 5.97 Å². The fourth-order valence-corrected chi connectivity index (χ4v) is 3.14. The number of carbonyl (C=O) groups is 4. The number of thioether (sulfide) groups is 1. The monoisotopic (exact) mass is 463 g/mol. The van der Waals surface area contributed by atoms with Gasteiger partial charge in [-0.15, -0.1) is 0 Å². The quantitative estimate of drug-likeness (QED) is 0.132. The largest absolute Gasteiger partial charge is 0.480 e. The lowest BCUT2D eigenvalue weighted by atomic mass is 10.0. The Hall–Kier alpha value is -1.89. The third kappa shape index (κ3) is 11.3. The van der Waals surface area contributed by atoms with Gasteiger partial charge in [-0.3, -0.25) is 14.4 Å². The number of nitrogens with one attached hydrogen (secondary N) is 3. The van der Waals surface area contributed by atoms with E-state index < -0.39 is 54.5 Å². The van der Waals surface area contributed by atoms with Gasteiger partial charge in [-0.05, 0) is 50.2 Å². The predicted molar refractivity (Wildman–Crippen MR) is 119 cm³/mol. The van der Waals surface area contributed by atoms with Crippen LogP contribution in [-0.4, -0.2) is 83.2 Å². The summed E-state index contributed by atoms with van der Waals surface area (Å²) >= 11 is 1.46. The standard InChI is InChI=1S/C19H37N5O6S/c1-11(2)15(18(28)23-14(19(29)30)7-9-31-3)24-17(27)13(6-4-5-8-20)22-16(26)12(21)10-25/h11-15,25H,4-10,20-21H2,1-3H3,(H,22,26)(H,23,28)(H,24,27)(H,29,30). The average molecular weight is 464 g/mol. The Kier molecular flexibility index (Phi) is 14.9. The van der Waals surface area contributed by atoms with Gasteiger partial charge in [-0.1, -0.05) is 13.8 Å². The van der Waals surface area contributed by atoms with E-state index in [1.54, 1.807) is 13.8 Å². The second kappa shape index (κ2) is 15.8. The first-order valence-electron chi connectivity index (χ1n) is 10.3. The van der Waals surface area contributed by atoms with Crippen molar-refractivity contribution in [2.75, 3.05) is 25.2 Å². The molecule has 0 saturated carbocycles. The second-order valence-corrected chi connectivity index (χ2v) is 8.53. The van der Waals surface area contributed by atoms with E-state index in [4.69, 9.17) is 16.6 Å². The summed E-state index contributed by atoms with van der Waals surface area (Å²) in [7, 11) is 0. The Labute approximate surface area is 187 Å². The summed E-state index contributed by atoms with van der Waals surface area (Å²) in [6.45, 7) is 3.27. The fraction of sp³-hybridized carbons (Fsp3) is 0.789. The molecule has 11 nitrogen and oxygen atoms in total. The molecule has 0 radical (unpaired) electrons. The van der Waals surface area contributed by atoms with E-state index >= 15 is 0 Å². The third-order valence-electron chi connectivity index (χ3n) is 4.59. The maximum Gasteiger partial charge on any atom is 0.326 e. The molecule has 0 aliphatic heterocycles. The molecule has 31 heavy (non-hydrogen) atoms. The normalized spacial score (nSPS) is 14.9. The molecule has 0 heterocycles. The Morgan fingerprint density at radius 1 is 0.935 bits per heavy atom. The number of carboxylic acids is 1. The van der Waals surface area contributed by atoms with Gasteiger partial charge in [-0.25, -0.2) is 4.79 Å². The highest BCUT2D eigenvalue weighted by atomic mass is 32.2. The van der Waals surface area contributed by atoms with Crippen LogP contribution in [0.5, 0.6) is 0 Å². The molecule has 0 aromatic carbocycles. The summed E-state index contributed by atoms with van der Waals surface area (Å²) in [6, 6.07) is -4.22. The van der Waals surface area contributed by atoms with Gasteiger partial charge < -0.3 is 37.6 Å². The van der Waals surface area contributed by atoms with Crippen molar-refractivity contribution in [3.8, 4) is 0 Å². The van der Waals surface area contributed by atoms with Gasteiger partial charge in [0.1, 0.15) is 24.2 Å². The highest BCUT2D eigenvalue weighted by molar-refractivity contribution is 7.98. The molecule has 4 unspecified atom stereocenters. The summed E-state index contributed by atoms with van der Waals surface area (Å²) < 4.78 is 0. The maximum absolute atomic E-state index is 12.8. The molecule has 0 aromatic heterocycles. The van der Waals surface area contributed by atoms with Crippen LogP contribution in [-0.2, 0) is 19.2 Å². The molecule has 4 atom stereocenters. The number of hydrogen-bond acceptors (Lipinski definition) is 8. The summed E-state index contributed by atoms with van der Waals surface area (Å²) in [4.78, 5) is 49.0. The number of carbonyl (C=O) groups excluding carboxylic acids is 3. The van der Waals surface area contributed by atoms with Crippen molar-refractivity contribution >= 4 is 35.5 Å². The van der Waals surface area contributed by atoms with E-state index in [1.807, 2.05) is 6.26 Å². The van der Waals surface area contributed by atoms with Gasteiger partial charge in [0.05, 0.1) is 6.61 Å². The molecular weight excluding hydrogens is 426 g/mol. The molecule has 0 aromatic rings. The molecule has 0 bridgehead atoms. The molecule has 0 saturated heterocycles. The van der Waals surface area contributed by atoms with E-state index in [-0.39, 0.29) is 18.8 Å². The molecule has 0 fully saturated rings. The lowest BCUT2D eigenvalue weighted by molar-refractivity contribution is -0.142. The second-order valence-electron chi connectivity index (χ2n) is 7.55. The zero-order chi connectivity index (χ0) is 24.0. The van der Waals surface area contributed by atoms with Gasteiger partial charge in [-0.2, -0.15) is 11.8 Å². The molecule has 0 rings (SSSR count). The number of carboxylic acid groups (broad SMARTS) is 1. The fourth-order valence-electron chi connectivity index (χ4n) is 2.67. The van der Waals surface area contributed by atoms with Gasteiger partial charge in [0.25, 0.3) is 0 Å². The van der Waals surface area contributed by atoms with Gasteiger partial charge in [0.2, 0.25) is 17.7 Å². The van der Waals surface area contributed by atoms with Crippen LogP contribution in [0.25, 0.3) is 0 Å². The summed E-state index contributed by atoms with van der Waals surface area (Å²) in [5.41, 5.74) is 11.0. The van der Waals surface area contributed by atoms with E-state index in [1.165, 1.54) is 11.8 Å². The molecular formula is C19H37N5O6S. The summed E-state index contributed by atoms with van der Waals surface area (Å²) in [5.74, 6) is -2.84. The molecule has 3 amide bonds. The lowest BCUT2D eigenvalue weighted by Gasteiger charge is -2.27. The number of aliphatic hydroxyl groups excluding tert-OH is 1. The molecule has 180 valence electrons. The number of aliphatic hydroxyl groups is 1. The average Bonchev–Trinajstić information content (AvgIpc) is 2.72. The summed E-state index contributed by atoms with van der Waals surface area (Å²) in [5, 5.41) is 26.0. The summed E-state index contributed by atoms with van der Waals surface area (Å²) in [6.07, 6.45) is 3.54. The van der Waals surface area contributed by atoms with Crippen molar-refractivity contribution in [3.05, 3.63) is 0 Å². The third-order valence-corrected chi connectivity index (χ3v) is 5.23. The topological polar surface area (TPSA) is 197 Å². The van der Waals surface area contributed by atoms with Gasteiger partial charge in [0.15, 0.2) is 0 Å². The van der Waals surface area contributed by atoms with Crippen molar-refractivity contribution in [2.45, 2.75) is 63.7 Å². The molecule has 0 aliphatic rings. The smallest absolute Gasteiger partial charge is 0.326 e. The van der Waals surface area contributed by atoms with Crippen molar-refractivity contribution in [3.63, 3.8) is 0 Å². The van der Waals surface area contributed by atoms with Crippen LogP contribution < -0.4 is 27.4 Å². The first-order chi connectivity index (χ1) is 14.6. The zero-order valence-electron chi connectivity index (χ0n) is 18.4. The minimum atomic E-state index is -1.18.